The minimum atomic E-state index is -0.311. The molecule has 1 aromatic heterocycles. The number of ether oxygens (including phenoxy) is 1. The van der Waals surface area contributed by atoms with Gasteiger partial charge < -0.3 is 4.74 Å². The van der Waals surface area contributed by atoms with Crippen LogP contribution in [0.1, 0.15) is 22.2 Å². The molecule has 0 spiro atoms. The minimum Gasteiger partial charge on any atom is -0.466 e. The molecule has 1 heterocycles. The summed E-state index contributed by atoms with van der Waals surface area (Å²) in [5.74, 6) is -0.545. The van der Waals surface area contributed by atoms with Gasteiger partial charge in [-0.1, -0.05) is 48.5 Å². The van der Waals surface area contributed by atoms with Crippen molar-refractivity contribution in [2.45, 2.75) is 13.3 Å². The largest absolute Gasteiger partial charge is 0.466 e. The Morgan fingerprint density at radius 3 is 2.35 bits per heavy atom. The van der Waals surface area contributed by atoms with Crippen LogP contribution in [0.2, 0.25) is 0 Å². The van der Waals surface area contributed by atoms with Gasteiger partial charge in [-0.2, -0.15) is 0 Å². The summed E-state index contributed by atoms with van der Waals surface area (Å²) in [6, 6.07) is 18.5. The van der Waals surface area contributed by atoms with Gasteiger partial charge in [0.25, 0.3) is 5.91 Å². The van der Waals surface area contributed by atoms with E-state index in [9.17, 15) is 9.59 Å². The van der Waals surface area contributed by atoms with Gasteiger partial charge in [0.1, 0.15) is 0 Å². The molecule has 0 unspecified atom stereocenters. The topological polar surface area (TPSA) is 68.3 Å². The average molecular weight is 366 g/mol. The van der Waals surface area contributed by atoms with E-state index in [4.69, 9.17) is 4.74 Å². The number of hydrogen-bond donors (Lipinski definition) is 1. The quantitative estimate of drug-likeness (QED) is 0.665. The van der Waals surface area contributed by atoms with Crippen LogP contribution in [0.3, 0.4) is 0 Å². The molecule has 2 aromatic carbocycles. The lowest BCUT2D eigenvalue weighted by molar-refractivity contribution is -0.142. The van der Waals surface area contributed by atoms with E-state index in [1.165, 1.54) is 11.3 Å². The summed E-state index contributed by atoms with van der Waals surface area (Å²) >= 11 is 1.29. The lowest BCUT2D eigenvalue weighted by Crippen LogP contribution is -2.11. The molecule has 3 aromatic rings. The Labute approximate surface area is 155 Å². The molecular weight excluding hydrogens is 348 g/mol. The van der Waals surface area contributed by atoms with Crippen molar-refractivity contribution in [3.63, 3.8) is 0 Å². The maximum atomic E-state index is 12.4. The molecule has 0 saturated carbocycles. The standard InChI is InChI=1S/C20H18N2O3S/c1-2-25-17(23)13-16-18(14-9-5-3-6-10-14)21-20(26-16)22-19(24)15-11-7-4-8-12-15/h3-12H,2,13H2,1H3,(H,21,22,24). The van der Waals surface area contributed by atoms with Gasteiger partial charge in [0.15, 0.2) is 5.13 Å². The summed E-state index contributed by atoms with van der Waals surface area (Å²) in [5, 5.41) is 3.27. The third-order valence-corrected chi connectivity index (χ3v) is 4.58. The van der Waals surface area contributed by atoms with Gasteiger partial charge in [0.05, 0.1) is 18.7 Å². The number of carbonyl (C=O) groups is 2. The molecule has 132 valence electrons. The summed E-state index contributed by atoms with van der Waals surface area (Å²) in [6.45, 7) is 2.10. The minimum absolute atomic E-state index is 0.122. The van der Waals surface area contributed by atoms with E-state index in [2.05, 4.69) is 10.3 Å². The zero-order valence-electron chi connectivity index (χ0n) is 14.3. The molecule has 3 rings (SSSR count). The molecule has 0 fully saturated rings. The van der Waals surface area contributed by atoms with Crippen LogP contribution < -0.4 is 5.32 Å². The summed E-state index contributed by atoms with van der Waals surface area (Å²) in [7, 11) is 0. The molecule has 0 aliphatic rings. The normalized spacial score (nSPS) is 10.3. The van der Waals surface area contributed by atoms with Gasteiger partial charge in [0.2, 0.25) is 0 Å². The first-order chi connectivity index (χ1) is 12.7. The van der Waals surface area contributed by atoms with Crippen LogP contribution >= 0.6 is 11.3 Å². The number of anilines is 1. The fraction of sp³-hybridized carbons (Fsp3) is 0.150. The fourth-order valence-electron chi connectivity index (χ4n) is 2.45. The Kier molecular flexibility index (Phi) is 5.76. The molecule has 0 radical (unpaired) electrons. The van der Waals surface area contributed by atoms with Gasteiger partial charge >= 0.3 is 5.97 Å². The Hall–Kier alpha value is -2.99. The van der Waals surface area contributed by atoms with Gasteiger partial charge in [-0.15, -0.1) is 11.3 Å². The van der Waals surface area contributed by atoms with Crippen molar-refractivity contribution >= 4 is 28.3 Å². The van der Waals surface area contributed by atoms with E-state index in [-0.39, 0.29) is 18.3 Å². The number of nitrogens with one attached hydrogen (secondary N) is 1. The lowest BCUT2D eigenvalue weighted by Gasteiger charge is -2.02. The molecule has 0 bridgehead atoms. The van der Waals surface area contributed by atoms with Crippen LogP contribution in [0, 0.1) is 0 Å². The Morgan fingerprint density at radius 1 is 1.04 bits per heavy atom. The molecule has 0 aliphatic carbocycles. The first-order valence-corrected chi connectivity index (χ1v) is 9.06. The Balaban J connectivity index is 1.88. The number of benzene rings is 2. The van der Waals surface area contributed by atoms with Crippen molar-refractivity contribution in [1.29, 1.82) is 0 Å². The predicted octanol–water partition coefficient (Wildman–Crippen LogP) is 4.17. The summed E-state index contributed by atoms with van der Waals surface area (Å²) in [4.78, 5) is 29.6. The molecule has 1 amide bonds. The third kappa shape index (κ3) is 4.34. The van der Waals surface area contributed by atoms with Crippen molar-refractivity contribution in [1.82, 2.24) is 4.98 Å². The van der Waals surface area contributed by atoms with Gasteiger partial charge in [-0.05, 0) is 19.1 Å². The number of hydrogen-bond acceptors (Lipinski definition) is 5. The monoisotopic (exact) mass is 366 g/mol. The maximum Gasteiger partial charge on any atom is 0.311 e. The zero-order chi connectivity index (χ0) is 18.4. The fourth-order valence-corrected chi connectivity index (χ4v) is 3.41. The van der Waals surface area contributed by atoms with E-state index >= 15 is 0 Å². The van der Waals surface area contributed by atoms with E-state index in [0.717, 1.165) is 10.4 Å². The number of thiazole rings is 1. The second kappa shape index (κ2) is 8.40. The van der Waals surface area contributed by atoms with Gasteiger partial charge in [0, 0.05) is 16.0 Å². The van der Waals surface area contributed by atoms with Crippen molar-refractivity contribution < 1.29 is 14.3 Å². The average Bonchev–Trinajstić information content (AvgIpc) is 3.05. The SMILES string of the molecule is CCOC(=O)Cc1sc(NC(=O)c2ccccc2)nc1-c1ccccc1. The molecule has 0 atom stereocenters. The van der Waals surface area contributed by atoms with Crippen LogP contribution in [0.5, 0.6) is 0 Å². The van der Waals surface area contributed by atoms with Crippen molar-refractivity contribution in [3.8, 4) is 11.3 Å². The van der Waals surface area contributed by atoms with Crippen LogP contribution in [-0.4, -0.2) is 23.5 Å². The summed E-state index contributed by atoms with van der Waals surface area (Å²) in [5.41, 5.74) is 2.13. The Morgan fingerprint density at radius 2 is 1.69 bits per heavy atom. The summed E-state index contributed by atoms with van der Waals surface area (Å²) in [6.07, 6.45) is 0.122. The van der Waals surface area contributed by atoms with Crippen molar-refractivity contribution in [2.75, 3.05) is 11.9 Å². The molecule has 0 aliphatic heterocycles. The van der Waals surface area contributed by atoms with Gasteiger partial charge in [-0.3, -0.25) is 14.9 Å². The predicted molar refractivity (Wildman–Crippen MR) is 102 cm³/mol. The number of amides is 1. The zero-order valence-corrected chi connectivity index (χ0v) is 15.1. The highest BCUT2D eigenvalue weighted by atomic mass is 32.1. The molecule has 6 heteroatoms. The number of nitrogens with zero attached hydrogens (tertiary/aromatic N) is 1. The number of carbonyl (C=O) groups excluding carboxylic acids is 2. The van der Waals surface area contributed by atoms with Crippen LogP contribution in [-0.2, 0) is 16.0 Å². The first kappa shape index (κ1) is 17.8. The van der Waals surface area contributed by atoms with Crippen molar-refractivity contribution in [3.05, 3.63) is 71.1 Å². The highest BCUT2D eigenvalue weighted by molar-refractivity contribution is 7.16. The van der Waals surface area contributed by atoms with Gasteiger partial charge in [-0.25, -0.2) is 4.98 Å². The highest BCUT2D eigenvalue weighted by Gasteiger charge is 2.18. The second-order valence-electron chi connectivity index (χ2n) is 5.46. The van der Waals surface area contributed by atoms with Crippen LogP contribution in [0.25, 0.3) is 11.3 Å². The highest BCUT2D eigenvalue weighted by Crippen LogP contribution is 2.32. The van der Waals surface area contributed by atoms with Crippen LogP contribution in [0.15, 0.2) is 60.7 Å². The lowest BCUT2D eigenvalue weighted by atomic mass is 10.1. The number of rotatable bonds is 6. The molecule has 26 heavy (non-hydrogen) atoms. The Bertz CT molecular complexity index is 892. The third-order valence-electron chi connectivity index (χ3n) is 3.61. The maximum absolute atomic E-state index is 12.4. The summed E-state index contributed by atoms with van der Waals surface area (Å²) < 4.78 is 5.05. The van der Waals surface area contributed by atoms with E-state index in [0.29, 0.717) is 23.0 Å². The second-order valence-corrected chi connectivity index (χ2v) is 6.54. The molecule has 5 nitrogen and oxygen atoms in total. The van der Waals surface area contributed by atoms with Crippen molar-refractivity contribution in [2.24, 2.45) is 0 Å². The molecule has 1 N–H and O–H groups in total. The van der Waals surface area contributed by atoms with E-state index in [1.54, 1.807) is 31.2 Å². The smallest absolute Gasteiger partial charge is 0.311 e. The first-order valence-electron chi connectivity index (χ1n) is 8.24. The number of aromatic nitrogens is 1. The van der Waals surface area contributed by atoms with E-state index in [1.807, 2.05) is 36.4 Å². The van der Waals surface area contributed by atoms with E-state index < -0.39 is 0 Å². The number of esters is 1. The molecule has 0 saturated heterocycles. The van der Waals surface area contributed by atoms with Crippen LogP contribution in [0.4, 0.5) is 5.13 Å². The molecular formula is C20H18N2O3S.